The van der Waals surface area contributed by atoms with Crippen LogP contribution in [0.2, 0.25) is 0 Å². The number of aryl methyl sites for hydroxylation is 1. The summed E-state index contributed by atoms with van der Waals surface area (Å²) < 4.78 is 11.2. The molecule has 2 N–H and O–H groups in total. The van der Waals surface area contributed by atoms with E-state index in [4.69, 9.17) is 15.2 Å². The Morgan fingerprint density at radius 2 is 1.85 bits per heavy atom. The Morgan fingerprint density at radius 1 is 1.19 bits per heavy atom. The summed E-state index contributed by atoms with van der Waals surface area (Å²) in [6.45, 7) is 10.1. The van der Waals surface area contributed by atoms with Gasteiger partial charge in [0.15, 0.2) is 6.29 Å². The molecule has 1 aromatic carbocycles. The number of amides is 1. The van der Waals surface area contributed by atoms with Gasteiger partial charge in [0.1, 0.15) is 0 Å². The van der Waals surface area contributed by atoms with Gasteiger partial charge in [-0.1, -0.05) is 37.3 Å². The lowest BCUT2D eigenvalue weighted by Gasteiger charge is -2.27. The lowest BCUT2D eigenvalue weighted by Crippen LogP contribution is -2.43. The predicted molar refractivity (Wildman–Crippen MR) is 107 cm³/mol. The third-order valence-electron chi connectivity index (χ3n) is 4.25. The van der Waals surface area contributed by atoms with Gasteiger partial charge in [-0.25, -0.2) is 0 Å². The molecule has 146 valence electrons. The maximum absolute atomic E-state index is 12.3. The number of nitrogens with two attached hydrogens (primary N) is 1. The maximum Gasteiger partial charge on any atom is 0.236 e. The summed E-state index contributed by atoms with van der Waals surface area (Å²) in [6.07, 6.45) is 5.53. The molecule has 0 spiro atoms. The SMILES string of the molecule is C/C=C\c1c(CC)cccc1CCN(CC(OCC)OCC)C(=O)CN. The summed E-state index contributed by atoms with van der Waals surface area (Å²) in [5.41, 5.74) is 9.41. The second-order valence-electron chi connectivity index (χ2n) is 5.98. The molecule has 26 heavy (non-hydrogen) atoms. The average Bonchev–Trinajstić information content (AvgIpc) is 2.65. The molecule has 0 radical (unpaired) electrons. The van der Waals surface area contributed by atoms with Crippen molar-refractivity contribution in [2.75, 3.05) is 32.8 Å². The van der Waals surface area contributed by atoms with Gasteiger partial charge in [0.2, 0.25) is 5.91 Å². The highest BCUT2D eigenvalue weighted by Crippen LogP contribution is 2.19. The van der Waals surface area contributed by atoms with E-state index in [1.807, 2.05) is 20.8 Å². The molecular weight excluding hydrogens is 328 g/mol. The average molecular weight is 363 g/mol. The second-order valence-corrected chi connectivity index (χ2v) is 5.98. The fourth-order valence-electron chi connectivity index (χ4n) is 2.98. The van der Waals surface area contributed by atoms with Crippen molar-refractivity contribution >= 4 is 12.0 Å². The van der Waals surface area contributed by atoms with Crippen molar-refractivity contribution in [3.05, 3.63) is 41.0 Å². The zero-order valence-corrected chi connectivity index (χ0v) is 16.7. The van der Waals surface area contributed by atoms with E-state index in [0.29, 0.717) is 26.3 Å². The molecule has 5 nitrogen and oxygen atoms in total. The highest BCUT2D eigenvalue weighted by Gasteiger charge is 2.19. The first kappa shape index (κ1) is 22.4. The molecule has 0 aromatic heterocycles. The van der Waals surface area contributed by atoms with E-state index in [0.717, 1.165) is 12.8 Å². The summed E-state index contributed by atoms with van der Waals surface area (Å²) in [7, 11) is 0. The van der Waals surface area contributed by atoms with Crippen molar-refractivity contribution in [2.24, 2.45) is 5.73 Å². The van der Waals surface area contributed by atoms with Crippen LogP contribution in [-0.2, 0) is 27.1 Å². The number of ether oxygens (including phenoxy) is 2. The zero-order chi connectivity index (χ0) is 19.4. The molecule has 0 bridgehead atoms. The monoisotopic (exact) mass is 362 g/mol. The summed E-state index contributed by atoms with van der Waals surface area (Å²) >= 11 is 0. The Morgan fingerprint density at radius 3 is 2.38 bits per heavy atom. The summed E-state index contributed by atoms with van der Waals surface area (Å²) in [4.78, 5) is 14.0. The third kappa shape index (κ3) is 6.90. The van der Waals surface area contributed by atoms with Crippen molar-refractivity contribution in [3.8, 4) is 0 Å². The quantitative estimate of drug-likeness (QED) is 0.581. The van der Waals surface area contributed by atoms with Crippen LogP contribution in [0.15, 0.2) is 24.3 Å². The maximum atomic E-state index is 12.3. The minimum Gasteiger partial charge on any atom is -0.351 e. The highest BCUT2D eigenvalue weighted by atomic mass is 16.7. The minimum absolute atomic E-state index is 0.0122. The van der Waals surface area contributed by atoms with Crippen LogP contribution in [0.1, 0.15) is 44.4 Å². The van der Waals surface area contributed by atoms with E-state index in [9.17, 15) is 4.79 Å². The number of rotatable bonds is 12. The molecule has 0 unspecified atom stereocenters. The molecular formula is C21H34N2O3. The summed E-state index contributed by atoms with van der Waals surface area (Å²) in [6, 6.07) is 6.36. The minimum atomic E-state index is -0.419. The number of nitrogens with zero attached hydrogens (tertiary/aromatic N) is 1. The number of hydrogen-bond donors (Lipinski definition) is 1. The van der Waals surface area contributed by atoms with E-state index in [1.165, 1.54) is 16.7 Å². The summed E-state index contributed by atoms with van der Waals surface area (Å²) in [5.74, 6) is -0.0892. The number of hydrogen-bond acceptors (Lipinski definition) is 4. The highest BCUT2D eigenvalue weighted by molar-refractivity contribution is 5.78. The van der Waals surface area contributed by atoms with E-state index >= 15 is 0 Å². The molecule has 0 aliphatic carbocycles. The van der Waals surface area contributed by atoms with Crippen LogP contribution >= 0.6 is 0 Å². The Hall–Kier alpha value is -1.69. The Balaban J connectivity index is 2.91. The van der Waals surface area contributed by atoms with Crippen molar-refractivity contribution in [2.45, 2.75) is 46.8 Å². The van der Waals surface area contributed by atoms with E-state index < -0.39 is 6.29 Å². The second kappa shape index (κ2) is 12.6. The third-order valence-corrected chi connectivity index (χ3v) is 4.25. The van der Waals surface area contributed by atoms with E-state index in [1.54, 1.807) is 4.90 Å². The molecule has 1 rings (SSSR count). The van der Waals surface area contributed by atoms with Gasteiger partial charge in [0.05, 0.1) is 13.1 Å². The van der Waals surface area contributed by atoms with Gasteiger partial charge in [-0.3, -0.25) is 4.79 Å². The number of carbonyl (C=O) groups is 1. The molecule has 0 saturated carbocycles. The first-order valence-corrected chi connectivity index (χ1v) is 9.55. The molecule has 0 aliphatic heterocycles. The van der Waals surface area contributed by atoms with E-state index in [2.05, 4.69) is 37.3 Å². The molecule has 0 atom stereocenters. The number of benzene rings is 1. The summed E-state index contributed by atoms with van der Waals surface area (Å²) in [5, 5.41) is 0. The normalized spacial score (nSPS) is 11.5. The lowest BCUT2D eigenvalue weighted by atomic mass is 9.96. The standard InChI is InChI=1S/C21H34N2O3/c1-5-10-19-17(6-2)11-9-12-18(19)13-14-23(20(24)15-22)16-21(25-7-3)26-8-4/h5,9-12,21H,6-8,13-16,22H2,1-4H3/b10-5-. The van der Waals surface area contributed by atoms with Crippen LogP contribution in [-0.4, -0.2) is 49.9 Å². The van der Waals surface area contributed by atoms with Crippen LogP contribution in [0, 0.1) is 0 Å². The van der Waals surface area contributed by atoms with Crippen molar-refractivity contribution in [1.29, 1.82) is 0 Å². The smallest absolute Gasteiger partial charge is 0.236 e. The van der Waals surface area contributed by atoms with Crippen molar-refractivity contribution < 1.29 is 14.3 Å². The van der Waals surface area contributed by atoms with Gasteiger partial charge >= 0.3 is 0 Å². The van der Waals surface area contributed by atoms with Gasteiger partial charge < -0.3 is 20.1 Å². The van der Waals surface area contributed by atoms with Gasteiger partial charge in [-0.2, -0.15) is 0 Å². The first-order chi connectivity index (χ1) is 12.6. The van der Waals surface area contributed by atoms with Crippen LogP contribution in [0.3, 0.4) is 0 Å². The first-order valence-electron chi connectivity index (χ1n) is 9.55. The molecule has 1 amide bonds. The van der Waals surface area contributed by atoms with Crippen molar-refractivity contribution in [3.63, 3.8) is 0 Å². The number of carbonyl (C=O) groups excluding carboxylic acids is 1. The van der Waals surface area contributed by atoms with Gasteiger partial charge in [-0.05, 0) is 50.3 Å². The Kier molecular flexibility index (Phi) is 10.9. The topological polar surface area (TPSA) is 64.8 Å². The molecule has 0 heterocycles. The van der Waals surface area contributed by atoms with Crippen LogP contribution in [0.25, 0.3) is 6.08 Å². The Labute approximate surface area is 158 Å². The molecule has 0 saturated heterocycles. The fourth-order valence-corrected chi connectivity index (χ4v) is 2.98. The van der Waals surface area contributed by atoms with Crippen LogP contribution in [0.4, 0.5) is 0 Å². The molecule has 1 aromatic rings. The van der Waals surface area contributed by atoms with Crippen LogP contribution < -0.4 is 5.73 Å². The van der Waals surface area contributed by atoms with Gasteiger partial charge in [0, 0.05) is 19.8 Å². The molecule has 0 aliphatic rings. The van der Waals surface area contributed by atoms with Crippen molar-refractivity contribution in [1.82, 2.24) is 4.90 Å². The van der Waals surface area contributed by atoms with Gasteiger partial charge in [-0.15, -0.1) is 0 Å². The predicted octanol–water partition coefficient (Wildman–Crippen LogP) is 3.01. The molecule has 0 fully saturated rings. The molecule has 5 heteroatoms. The van der Waals surface area contributed by atoms with Gasteiger partial charge in [0.25, 0.3) is 0 Å². The van der Waals surface area contributed by atoms with Crippen LogP contribution in [0.5, 0.6) is 0 Å². The zero-order valence-electron chi connectivity index (χ0n) is 16.7. The Bertz CT molecular complexity index is 566. The largest absolute Gasteiger partial charge is 0.351 e. The van der Waals surface area contributed by atoms with E-state index in [-0.39, 0.29) is 12.5 Å². The lowest BCUT2D eigenvalue weighted by molar-refractivity contribution is -0.158. The fraction of sp³-hybridized carbons (Fsp3) is 0.571. The number of allylic oxidation sites excluding steroid dienone is 1.